The lowest BCUT2D eigenvalue weighted by molar-refractivity contribution is -0.120. The van der Waals surface area contributed by atoms with Gasteiger partial charge in [0.2, 0.25) is 5.91 Å². The Morgan fingerprint density at radius 3 is 2.55 bits per heavy atom. The van der Waals surface area contributed by atoms with Crippen molar-refractivity contribution in [2.75, 3.05) is 18.7 Å². The van der Waals surface area contributed by atoms with Gasteiger partial charge in [0.15, 0.2) is 11.7 Å². The van der Waals surface area contributed by atoms with E-state index in [-0.39, 0.29) is 17.9 Å². The first-order valence-corrected chi connectivity index (χ1v) is 10.6. The minimum atomic E-state index is -0.747. The molecule has 164 valence electrons. The molecule has 4 rings (SSSR count). The predicted molar refractivity (Wildman–Crippen MR) is 115 cm³/mol. The van der Waals surface area contributed by atoms with Crippen molar-refractivity contribution in [3.63, 3.8) is 0 Å². The molecule has 0 aliphatic heterocycles. The molecule has 0 atom stereocenters. The Morgan fingerprint density at radius 2 is 1.87 bits per heavy atom. The molecule has 0 bridgehead atoms. The molecule has 1 saturated carbocycles. The van der Waals surface area contributed by atoms with Gasteiger partial charge in [0.05, 0.1) is 12.2 Å². The number of fused-ring (bicyclic) bond motifs is 1. The lowest BCUT2D eigenvalue weighted by Crippen LogP contribution is -2.44. The van der Waals surface area contributed by atoms with Gasteiger partial charge in [-0.05, 0) is 43.2 Å². The van der Waals surface area contributed by atoms with Crippen LogP contribution in [0.15, 0.2) is 41.1 Å². The number of nitrogens with one attached hydrogen (secondary N) is 2. The van der Waals surface area contributed by atoms with Crippen LogP contribution >= 0.6 is 0 Å². The van der Waals surface area contributed by atoms with Crippen molar-refractivity contribution in [2.24, 2.45) is 5.92 Å². The second-order valence-electron chi connectivity index (χ2n) is 8.08. The van der Waals surface area contributed by atoms with Gasteiger partial charge in [-0.2, -0.15) is 0 Å². The molecule has 3 aromatic rings. The lowest BCUT2D eigenvalue weighted by Gasteiger charge is -2.30. The van der Waals surface area contributed by atoms with Gasteiger partial charge in [0, 0.05) is 36.0 Å². The van der Waals surface area contributed by atoms with Crippen LogP contribution in [-0.4, -0.2) is 41.3 Å². The molecule has 2 heterocycles. The van der Waals surface area contributed by atoms with Gasteiger partial charge in [-0.25, -0.2) is 18.7 Å². The van der Waals surface area contributed by atoms with E-state index in [0.29, 0.717) is 30.3 Å². The van der Waals surface area contributed by atoms with Gasteiger partial charge in [-0.3, -0.25) is 4.79 Å². The van der Waals surface area contributed by atoms with E-state index in [1.165, 1.54) is 0 Å². The molecule has 2 N–H and O–H groups in total. The second kappa shape index (κ2) is 9.51. The summed E-state index contributed by atoms with van der Waals surface area (Å²) in [6.45, 7) is 0.358. The average molecular weight is 428 g/mol. The molecule has 0 radical (unpaired) electrons. The summed E-state index contributed by atoms with van der Waals surface area (Å²) < 4.78 is 31.0. The zero-order valence-corrected chi connectivity index (χ0v) is 17.4. The van der Waals surface area contributed by atoms with Gasteiger partial charge in [-0.1, -0.05) is 12.1 Å². The van der Waals surface area contributed by atoms with Gasteiger partial charge >= 0.3 is 0 Å². The number of alkyl halides is 2. The molecule has 1 amide bonds. The van der Waals surface area contributed by atoms with Gasteiger partial charge in [0.25, 0.3) is 0 Å². The number of oxazole rings is 1. The highest BCUT2D eigenvalue weighted by Crippen LogP contribution is 2.28. The topological polar surface area (TPSA) is 80.0 Å². The number of rotatable bonds is 7. The van der Waals surface area contributed by atoms with Crippen molar-refractivity contribution < 1.29 is 18.0 Å². The quantitative estimate of drug-likeness (QED) is 0.575. The Kier molecular flexibility index (Phi) is 6.56. The molecular weight excluding hydrogens is 402 g/mol. The smallest absolute Gasteiger partial charge is 0.228 e. The zero-order valence-electron chi connectivity index (χ0n) is 17.4. The third-order valence-corrected chi connectivity index (χ3v) is 5.82. The number of pyridine rings is 1. The average Bonchev–Trinajstić information content (AvgIpc) is 3.23. The highest BCUT2D eigenvalue weighted by molar-refractivity contribution is 5.94. The van der Waals surface area contributed by atoms with Crippen molar-refractivity contribution in [2.45, 2.75) is 44.7 Å². The third-order valence-electron chi connectivity index (χ3n) is 5.82. The number of hydrogen-bond donors (Lipinski definition) is 2. The Labute approximate surface area is 179 Å². The van der Waals surface area contributed by atoms with Crippen LogP contribution in [0.25, 0.3) is 22.1 Å². The van der Waals surface area contributed by atoms with Crippen molar-refractivity contribution in [1.82, 2.24) is 15.3 Å². The Morgan fingerprint density at radius 1 is 1.10 bits per heavy atom. The van der Waals surface area contributed by atoms with Gasteiger partial charge in [-0.15, -0.1) is 0 Å². The summed E-state index contributed by atoms with van der Waals surface area (Å²) in [4.78, 5) is 21.2. The SMILES string of the molecule is Cc1ncc(-c2ccc3cnc(NC(=O)C4CCC(NC(CF)CF)CC4)cc3c2)o1. The summed E-state index contributed by atoms with van der Waals surface area (Å²) in [5.74, 6) is 1.59. The molecular formula is C23H26F2N4O2. The second-order valence-corrected chi connectivity index (χ2v) is 8.08. The van der Waals surface area contributed by atoms with Crippen molar-refractivity contribution >= 4 is 22.5 Å². The van der Waals surface area contributed by atoms with E-state index >= 15 is 0 Å². The fraction of sp³-hybridized carbons (Fsp3) is 0.435. The number of aryl methyl sites for hydroxylation is 1. The van der Waals surface area contributed by atoms with E-state index in [9.17, 15) is 13.6 Å². The van der Waals surface area contributed by atoms with Crippen LogP contribution in [-0.2, 0) is 4.79 Å². The number of carbonyl (C=O) groups excluding carboxylic acids is 1. The van der Waals surface area contributed by atoms with Crippen molar-refractivity contribution in [3.05, 3.63) is 42.5 Å². The minimum Gasteiger partial charge on any atom is -0.441 e. The number of benzene rings is 1. The van der Waals surface area contributed by atoms with E-state index < -0.39 is 19.4 Å². The first-order valence-electron chi connectivity index (χ1n) is 10.6. The van der Waals surface area contributed by atoms with Crippen LogP contribution in [0.5, 0.6) is 0 Å². The maximum absolute atomic E-state index is 12.7. The predicted octanol–water partition coefficient (Wildman–Crippen LogP) is 4.59. The maximum Gasteiger partial charge on any atom is 0.228 e. The summed E-state index contributed by atoms with van der Waals surface area (Å²) >= 11 is 0. The van der Waals surface area contributed by atoms with Crippen LogP contribution in [0.2, 0.25) is 0 Å². The summed E-state index contributed by atoms with van der Waals surface area (Å²) in [5.41, 5.74) is 0.905. The molecule has 1 aliphatic rings. The van der Waals surface area contributed by atoms with Crippen LogP contribution in [0.4, 0.5) is 14.6 Å². The van der Waals surface area contributed by atoms with Gasteiger partial charge < -0.3 is 15.1 Å². The Balaban J connectivity index is 1.39. The molecule has 1 aliphatic carbocycles. The molecule has 0 saturated heterocycles. The van der Waals surface area contributed by atoms with Crippen molar-refractivity contribution in [3.8, 4) is 11.3 Å². The van der Waals surface area contributed by atoms with E-state index in [2.05, 4.69) is 20.6 Å². The van der Waals surface area contributed by atoms with Crippen molar-refractivity contribution in [1.29, 1.82) is 0 Å². The summed E-state index contributed by atoms with van der Waals surface area (Å²) in [7, 11) is 0. The number of halogens is 2. The van der Waals surface area contributed by atoms with Gasteiger partial charge in [0.1, 0.15) is 19.2 Å². The molecule has 8 heteroatoms. The normalized spacial score (nSPS) is 19.1. The third kappa shape index (κ3) is 5.07. The number of aromatic nitrogens is 2. The first-order chi connectivity index (χ1) is 15.1. The minimum absolute atomic E-state index is 0.0532. The molecule has 0 unspecified atom stereocenters. The number of hydrogen-bond acceptors (Lipinski definition) is 5. The Bertz CT molecular complexity index is 1040. The lowest BCUT2D eigenvalue weighted by atomic mass is 9.85. The van der Waals surface area contributed by atoms with E-state index in [1.807, 2.05) is 24.3 Å². The van der Waals surface area contributed by atoms with E-state index in [4.69, 9.17) is 4.42 Å². The maximum atomic E-state index is 12.7. The highest BCUT2D eigenvalue weighted by atomic mass is 19.1. The number of anilines is 1. The largest absolute Gasteiger partial charge is 0.441 e. The zero-order chi connectivity index (χ0) is 21.8. The van der Waals surface area contributed by atoms with Crippen LogP contribution in [0, 0.1) is 12.8 Å². The fourth-order valence-electron chi connectivity index (χ4n) is 4.07. The van der Waals surface area contributed by atoms with E-state index in [1.54, 1.807) is 19.3 Å². The monoisotopic (exact) mass is 428 g/mol. The molecule has 1 aromatic carbocycles. The van der Waals surface area contributed by atoms with Crippen LogP contribution in [0.3, 0.4) is 0 Å². The summed E-state index contributed by atoms with van der Waals surface area (Å²) in [5, 5.41) is 7.81. The number of carbonyl (C=O) groups is 1. The number of amides is 1. The summed E-state index contributed by atoms with van der Waals surface area (Å²) in [6, 6.07) is 7.04. The number of nitrogens with zero attached hydrogens (tertiary/aromatic N) is 2. The standard InChI is InChI=1S/C23H26F2N4O2/c1-14-26-13-21(31-14)16-2-3-17-12-27-22(9-18(17)8-16)29-23(30)15-4-6-19(7-5-15)28-20(10-24)11-25/h2-3,8-9,12-13,15,19-20,28H,4-7,10-11H2,1H3,(H,27,29,30). The fourth-order valence-corrected chi connectivity index (χ4v) is 4.07. The molecule has 0 spiro atoms. The molecule has 31 heavy (non-hydrogen) atoms. The molecule has 6 nitrogen and oxygen atoms in total. The van der Waals surface area contributed by atoms with E-state index in [0.717, 1.165) is 29.2 Å². The first kappa shape index (κ1) is 21.4. The molecule has 1 fully saturated rings. The highest BCUT2D eigenvalue weighted by Gasteiger charge is 2.27. The van der Waals surface area contributed by atoms with Crippen LogP contribution < -0.4 is 10.6 Å². The summed E-state index contributed by atoms with van der Waals surface area (Å²) in [6.07, 6.45) is 6.22. The molecule has 2 aromatic heterocycles. The van der Waals surface area contributed by atoms with Crippen LogP contribution in [0.1, 0.15) is 31.6 Å². The Hall–Kier alpha value is -2.87.